The largest absolute Gasteiger partial charge is 0.208 e. The van der Waals surface area contributed by atoms with E-state index in [2.05, 4.69) is 115 Å². The first-order chi connectivity index (χ1) is 29.6. The van der Waals surface area contributed by atoms with Crippen molar-refractivity contribution in [2.75, 3.05) is 0 Å². The molecule has 0 atom stereocenters. The average Bonchev–Trinajstić information content (AvgIpc) is 3.60. The predicted molar refractivity (Wildman–Crippen MR) is 240 cm³/mol. The van der Waals surface area contributed by atoms with Crippen molar-refractivity contribution in [1.29, 1.82) is 5.26 Å². The molecule has 5 aliphatic carbocycles. The topological polar surface area (TPSA) is 62.5 Å². The molecule has 1 aromatic heterocycles. The van der Waals surface area contributed by atoms with Gasteiger partial charge in [-0.15, -0.1) is 0 Å². The maximum atomic E-state index is 9.27. The van der Waals surface area contributed by atoms with Crippen LogP contribution in [0.15, 0.2) is 170 Å². The number of nitriles is 1. The van der Waals surface area contributed by atoms with Crippen molar-refractivity contribution < 1.29 is 0 Å². The Labute approximate surface area is 351 Å². The molecule has 1 spiro atoms. The van der Waals surface area contributed by atoms with Crippen LogP contribution in [0.4, 0.5) is 0 Å². The van der Waals surface area contributed by atoms with Gasteiger partial charge in [-0.2, -0.15) is 5.26 Å². The van der Waals surface area contributed by atoms with E-state index >= 15 is 0 Å². The Bertz CT molecular complexity index is 2880. The molecule has 4 saturated carbocycles. The lowest BCUT2D eigenvalue weighted by atomic mass is 9.43. The maximum Gasteiger partial charge on any atom is 0.164 e. The van der Waals surface area contributed by atoms with Crippen LogP contribution in [-0.4, -0.2) is 15.0 Å². The van der Waals surface area contributed by atoms with Gasteiger partial charge in [0, 0.05) is 22.1 Å². The molecule has 1 heterocycles. The zero-order valence-corrected chi connectivity index (χ0v) is 33.3. The molecule has 13 rings (SSSR count). The summed E-state index contributed by atoms with van der Waals surface area (Å²) >= 11 is 0. The Kier molecular flexibility index (Phi) is 8.07. The summed E-state index contributed by atoms with van der Waals surface area (Å²) in [7, 11) is 0. The van der Waals surface area contributed by atoms with Gasteiger partial charge in [0.2, 0.25) is 0 Å². The van der Waals surface area contributed by atoms with Gasteiger partial charge >= 0.3 is 0 Å². The number of aromatic nitrogens is 3. The molecule has 4 nitrogen and oxygen atoms in total. The number of hydrogen-bond acceptors (Lipinski definition) is 4. The van der Waals surface area contributed by atoms with Crippen molar-refractivity contribution >= 4 is 0 Å². The minimum Gasteiger partial charge on any atom is -0.208 e. The third-order valence-electron chi connectivity index (χ3n) is 14.4. The molecule has 286 valence electrons. The first-order valence-corrected chi connectivity index (χ1v) is 21.5. The molecule has 4 bridgehead atoms. The molecule has 5 aliphatic rings. The molecule has 8 aromatic rings. The van der Waals surface area contributed by atoms with E-state index in [9.17, 15) is 5.26 Å². The molecule has 0 radical (unpaired) electrons. The lowest BCUT2D eigenvalue weighted by Crippen LogP contribution is -2.55. The van der Waals surface area contributed by atoms with Crippen LogP contribution in [-0.2, 0) is 5.41 Å². The van der Waals surface area contributed by atoms with E-state index < -0.39 is 0 Å². The summed E-state index contributed by atoms with van der Waals surface area (Å²) in [6.45, 7) is 0. The SMILES string of the molecule is N#Cc1ccc(-c2ccc(-c3ccc4c(c3)C3(c5cc(-c6ccc(-c7nc(-c8ccccc8)nc(-c8ccccc8)n7)cc6)ccc5-4)C4CC5CC(C4)CC3C5)cc2)cc1. The molecule has 0 aliphatic heterocycles. The van der Waals surface area contributed by atoms with Gasteiger partial charge in [0.1, 0.15) is 0 Å². The van der Waals surface area contributed by atoms with E-state index in [0.717, 1.165) is 39.7 Å². The van der Waals surface area contributed by atoms with Crippen LogP contribution in [0.25, 0.3) is 78.7 Å². The lowest BCUT2D eigenvalue weighted by molar-refractivity contribution is -0.0399. The van der Waals surface area contributed by atoms with E-state index in [-0.39, 0.29) is 5.41 Å². The van der Waals surface area contributed by atoms with Crippen LogP contribution in [0.5, 0.6) is 0 Å². The minimum atomic E-state index is 0.0407. The van der Waals surface area contributed by atoms with Crippen molar-refractivity contribution in [2.45, 2.75) is 37.5 Å². The summed E-state index contributed by atoms with van der Waals surface area (Å²) in [6.07, 6.45) is 6.81. The number of benzene rings is 7. The van der Waals surface area contributed by atoms with Crippen molar-refractivity contribution in [3.8, 4) is 84.7 Å². The molecule has 0 N–H and O–H groups in total. The predicted octanol–water partition coefficient (Wildman–Crippen LogP) is 13.5. The Balaban J connectivity index is 0.918. The highest BCUT2D eigenvalue weighted by Crippen LogP contribution is 2.69. The summed E-state index contributed by atoms with van der Waals surface area (Å²) in [5.41, 5.74) is 16.9. The standard InChI is InChI=1S/C56H42N4/c57-34-35-11-13-38(14-12-35)39-15-17-40(18-16-39)45-23-25-49-50-26-24-46(33-52(50)56(51(49)32-45)47-28-36-27-37(30-47)31-48(56)29-36)41-19-21-44(22-20-41)55-59-53(42-7-3-1-4-8-42)58-54(60-55)43-9-5-2-6-10-43/h1-26,32-33,36-37,47-48H,27-31H2. The molecule has 4 heteroatoms. The molecule has 0 unspecified atom stereocenters. The van der Waals surface area contributed by atoms with E-state index in [4.69, 9.17) is 15.0 Å². The highest BCUT2D eigenvalue weighted by Gasteiger charge is 2.61. The van der Waals surface area contributed by atoms with Gasteiger partial charge in [0.05, 0.1) is 11.6 Å². The average molecular weight is 771 g/mol. The zero-order valence-electron chi connectivity index (χ0n) is 33.3. The molecule has 4 fully saturated rings. The van der Waals surface area contributed by atoms with Crippen LogP contribution >= 0.6 is 0 Å². The summed E-state index contributed by atoms with van der Waals surface area (Å²) in [6, 6.07) is 62.9. The third kappa shape index (κ3) is 5.60. The van der Waals surface area contributed by atoms with Crippen LogP contribution in [0, 0.1) is 35.0 Å². The molecule has 0 amide bonds. The number of fused-ring (bicyclic) bond motifs is 3. The van der Waals surface area contributed by atoms with Gasteiger partial charge in [-0.1, -0.05) is 146 Å². The Morgan fingerprint density at radius 2 is 0.733 bits per heavy atom. The van der Waals surface area contributed by atoms with Gasteiger partial charge in [-0.05, 0) is 136 Å². The number of hydrogen-bond donors (Lipinski definition) is 0. The normalized spacial score (nSPS) is 21.7. The highest BCUT2D eigenvalue weighted by molar-refractivity contribution is 5.87. The summed E-state index contributed by atoms with van der Waals surface area (Å²) < 4.78 is 0. The van der Waals surface area contributed by atoms with Crippen molar-refractivity contribution in [1.82, 2.24) is 15.0 Å². The molecular formula is C56H42N4. The highest BCUT2D eigenvalue weighted by atomic mass is 15.0. The molecule has 0 saturated heterocycles. The molecule has 7 aromatic carbocycles. The summed E-state index contributed by atoms with van der Waals surface area (Å²) in [5, 5.41) is 9.27. The van der Waals surface area contributed by atoms with E-state index in [0.29, 0.717) is 34.9 Å². The van der Waals surface area contributed by atoms with E-state index in [1.165, 1.54) is 65.5 Å². The fraction of sp³-hybridized carbons (Fsp3) is 0.179. The second kappa shape index (κ2) is 13.8. The van der Waals surface area contributed by atoms with Crippen molar-refractivity contribution in [2.24, 2.45) is 23.7 Å². The summed E-state index contributed by atoms with van der Waals surface area (Å²) in [4.78, 5) is 14.9. The second-order valence-electron chi connectivity index (χ2n) is 17.6. The van der Waals surface area contributed by atoms with E-state index in [1.807, 2.05) is 60.7 Å². The minimum absolute atomic E-state index is 0.0407. The molecule has 60 heavy (non-hydrogen) atoms. The van der Waals surface area contributed by atoms with Crippen LogP contribution in [0.2, 0.25) is 0 Å². The molecular weight excluding hydrogens is 729 g/mol. The van der Waals surface area contributed by atoms with Crippen LogP contribution in [0.3, 0.4) is 0 Å². The van der Waals surface area contributed by atoms with Crippen LogP contribution < -0.4 is 0 Å². The van der Waals surface area contributed by atoms with E-state index in [1.54, 1.807) is 11.1 Å². The fourth-order valence-electron chi connectivity index (χ4n) is 11.9. The lowest BCUT2D eigenvalue weighted by Gasteiger charge is -2.61. The Hall–Kier alpha value is -6.96. The van der Waals surface area contributed by atoms with Gasteiger partial charge in [-0.3, -0.25) is 0 Å². The van der Waals surface area contributed by atoms with Gasteiger partial charge in [0.15, 0.2) is 17.5 Å². The number of rotatable bonds is 6. The fourth-order valence-corrected chi connectivity index (χ4v) is 11.9. The first-order valence-electron chi connectivity index (χ1n) is 21.5. The smallest absolute Gasteiger partial charge is 0.164 e. The van der Waals surface area contributed by atoms with Gasteiger partial charge in [0.25, 0.3) is 0 Å². The second-order valence-corrected chi connectivity index (χ2v) is 17.6. The first kappa shape index (κ1) is 35.0. The quantitative estimate of drug-likeness (QED) is 0.169. The Morgan fingerprint density at radius 3 is 1.15 bits per heavy atom. The van der Waals surface area contributed by atoms with Gasteiger partial charge < -0.3 is 0 Å². The summed E-state index contributed by atoms with van der Waals surface area (Å²) in [5.74, 6) is 5.10. The monoisotopic (exact) mass is 770 g/mol. The van der Waals surface area contributed by atoms with Gasteiger partial charge in [-0.25, -0.2) is 15.0 Å². The number of nitrogens with zero attached hydrogens (tertiary/aromatic N) is 4. The van der Waals surface area contributed by atoms with Crippen molar-refractivity contribution in [3.05, 3.63) is 187 Å². The zero-order chi connectivity index (χ0) is 39.8. The third-order valence-corrected chi connectivity index (χ3v) is 14.4. The Morgan fingerprint density at radius 1 is 0.383 bits per heavy atom. The van der Waals surface area contributed by atoms with Crippen LogP contribution in [0.1, 0.15) is 48.8 Å². The van der Waals surface area contributed by atoms with Crippen molar-refractivity contribution in [3.63, 3.8) is 0 Å². The maximum absolute atomic E-state index is 9.27.